The van der Waals surface area contributed by atoms with Gasteiger partial charge in [-0.3, -0.25) is 9.59 Å². The number of carbonyl (C=O) groups excluding carboxylic acids is 2. The Morgan fingerprint density at radius 3 is 2.79 bits per heavy atom. The largest absolute Gasteiger partial charge is 0.465 e. The fraction of sp³-hybridized carbons (Fsp3) is 0.895. The van der Waals surface area contributed by atoms with Crippen LogP contribution in [0.2, 0.25) is 0 Å². The van der Waals surface area contributed by atoms with Gasteiger partial charge >= 0.3 is 5.97 Å². The summed E-state index contributed by atoms with van der Waals surface area (Å²) in [6.07, 6.45) is 5.40. The van der Waals surface area contributed by atoms with Crippen molar-refractivity contribution >= 4 is 11.8 Å². The molecular weight excluding hydrogens is 308 g/mol. The molecule has 7 atom stereocenters. The van der Waals surface area contributed by atoms with Gasteiger partial charge < -0.3 is 14.9 Å². The predicted octanol–water partition coefficient (Wildman–Crippen LogP) is 1.45. The zero-order chi connectivity index (χ0) is 17.0. The van der Waals surface area contributed by atoms with Crippen LogP contribution in [0.25, 0.3) is 0 Å². The SMILES string of the molecule is C[C@@]12CCC[C@@]3(COC1=O)[C@@H]1CC[C@@H]4C[C@]1(CC4=O)[C@](O)(CO)[C@@H]32. The molecule has 24 heavy (non-hydrogen) atoms. The number of hydrogen-bond donors (Lipinski definition) is 2. The van der Waals surface area contributed by atoms with Crippen molar-refractivity contribution in [1.82, 2.24) is 0 Å². The average Bonchev–Trinajstić information content (AvgIpc) is 2.93. The fourth-order valence-corrected chi connectivity index (χ4v) is 8.19. The predicted molar refractivity (Wildman–Crippen MR) is 83.8 cm³/mol. The highest BCUT2D eigenvalue weighted by atomic mass is 16.5. The molecule has 2 N–H and O–H groups in total. The third kappa shape index (κ3) is 1.32. The number of aliphatic hydroxyl groups is 2. The van der Waals surface area contributed by atoms with Crippen LogP contribution in [0.1, 0.15) is 51.9 Å². The molecule has 132 valence electrons. The Balaban J connectivity index is 1.77. The Morgan fingerprint density at radius 1 is 1.25 bits per heavy atom. The van der Waals surface area contributed by atoms with Crippen molar-refractivity contribution in [3.8, 4) is 0 Å². The number of fused-ring (bicyclic) bond motifs is 1. The minimum Gasteiger partial charge on any atom is -0.465 e. The molecule has 0 aromatic carbocycles. The van der Waals surface area contributed by atoms with Crippen LogP contribution in [-0.4, -0.2) is 40.8 Å². The van der Waals surface area contributed by atoms with Gasteiger partial charge in [0.2, 0.25) is 0 Å². The average molecular weight is 334 g/mol. The highest BCUT2D eigenvalue weighted by Crippen LogP contribution is 2.78. The summed E-state index contributed by atoms with van der Waals surface area (Å²) in [6.45, 7) is 1.90. The standard InChI is InChI=1S/C19H26O5/c1-16-5-2-6-17(10-24-15(16)22)13-4-3-11-7-18(13,8-12(11)21)19(23,9-20)14(16)17/h11,13-14,20,23H,2-10H2,1H3/t11-,13+,14-,16+,17-,18-,19+/m1/s1. The summed E-state index contributed by atoms with van der Waals surface area (Å²) in [6, 6.07) is 0. The maximum absolute atomic E-state index is 12.7. The Morgan fingerprint density at radius 2 is 2.04 bits per heavy atom. The number of carbonyl (C=O) groups is 2. The topological polar surface area (TPSA) is 83.8 Å². The van der Waals surface area contributed by atoms with Gasteiger partial charge in [0.05, 0.1) is 24.2 Å². The first kappa shape index (κ1) is 15.3. The molecule has 5 nitrogen and oxygen atoms in total. The third-order valence-corrected chi connectivity index (χ3v) is 8.79. The first-order chi connectivity index (χ1) is 11.3. The molecule has 1 saturated heterocycles. The van der Waals surface area contributed by atoms with E-state index in [0.717, 1.165) is 25.7 Å². The van der Waals surface area contributed by atoms with Gasteiger partial charge in [-0.25, -0.2) is 0 Å². The van der Waals surface area contributed by atoms with E-state index in [2.05, 4.69) is 0 Å². The first-order valence-corrected chi connectivity index (χ1v) is 9.37. The normalized spacial score (nSPS) is 58.2. The molecule has 5 heteroatoms. The molecule has 4 saturated carbocycles. The molecule has 5 rings (SSSR count). The molecule has 0 unspecified atom stereocenters. The van der Waals surface area contributed by atoms with Crippen molar-refractivity contribution in [2.45, 2.75) is 57.5 Å². The summed E-state index contributed by atoms with van der Waals surface area (Å²) in [5.74, 6) is -0.0909. The van der Waals surface area contributed by atoms with Crippen molar-refractivity contribution in [2.75, 3.05) is 13.2 Å². The smallest absolute Gasteiger partial charge is 0.312 e. The number of hydrogen-bond acceptors (Lipinski definition) is 5. The van der Waals surface area contributed by atoms with Gasteiger partial charge in [-0.2, -0.15) is 0 Å². The second-order valence-electron chi connectivity index (χ2n) is 9.43. The van der Waals surface area contributed by atoms with E-state index in [1.54, 1.807) is 0 Å². The van der Waals surface area contributed by atoms with Crippen molar-refractivity contribution in [3.63, 3.8) is 0 Å². The van der Waals surface area contributed by atoms with Crippen molar-refractivity contribution in [3.05, 3.63) is 0 Å². The molecule has 4 bridgehead atoms. The summed E-state index contributed by atoms with van der Waals surface area (Å²) >= 11 is 0. The lowest BCUT2D eigenvalue weighted by atomic mass is 9.51. The van der Waals surface area contributed by atoms with Crippen LogP contribution in [0.4, 0.5) is 0 Å². The summed E-state index contributed by atoms with van der Waals surface area (Å²) in [7, 11) is 0. The van der Waals surface area contributed by atoms with Crippen LogP contribution in [0.3, 0.4) is 0 Å². The second-order valence-corrected chi connectivity index (χ2v) is 9.43. The number of cyclic esters (lactones) is 1. The van der Waals surface area contributed by atoms with Gasteiger partial charge in [0.15, 0.2) is 0 Å². The number of rotatable bonds is 1. The van der Waals surface area contributed by atoms with E-state index >= 15 is 0 Å². The second kappa shape index (κ2) is 4.24. The highest BCUT2D eigenvalue weighted by molar-refractivity contribution is 5.86. The Kier molecular flexibility index (Phi) is 2.70. The van der Waals surface area contributed by atoms with Crippen LogP contribution in [0.5, 0.6) is 0 Å². The highest BCUT2D eigenvalue weighted by Gasteiger charge is 2.82. The van der Waals surface area contributed by atoms with Crippen LogP contribution in [0.15, 0.2) is 0 Å². The van der Waals surface area contributed by atoms with E-state index in [1.807, 2.05) is 6.92 Å². The van der Waals surface area contributed by atoms with Crippen molar-refractivity contribution in [1.29, 1.82) is 0 Å². The molecule has 0 amide bonds. The number of ketones is 1. The molecule has 4 aliphatic carbocycles. The molecule has 1 heterocycles. The fourth-order valence-electron chi connectivity index (χ4n) is 8.19. The van der Waals surface area contributed by atoms with Crippen LogP contribution >= 0.6 is 0 Å². The minimum absolute atomic E-state index is 0.0279. The van der Waals surface area contributed by atoms with Gasteiger partial charge in [0.25, 0.3) is 0 Å². The van der Waals surface area contributed by atoms with E-state index in [1.165, 1.54) is 0 Å². The Hall–Kier alpha value is -0.940. The number of aliphatic hydroxyl groups excluding tert-OH is 1. The van der Waals surface area contributed by atoms with E-state index in [-0.39, 0.29) is 41.5 Å². The molecule has 1 spiro atoms. The van der Waals surface area contributed by atoms with Gasteiger partial charge in [0.1, 0.15) is 5.78 Å². The van der Waals surface area contributed by atoms with Crippen molar-refractivity contribution in [2.24, 2.45) is 34.0 Å². The van der Waals surface area contributed by atoms with E-state index in [9.17, 15) is 19.8 Å². The number of Topliss-reactive ketones (excluding diaryl/α,β-unsaturated/α-hetero) is 1. The van der Waals surface area contributed by atoms with Crippen molar-refractivity contribution < 1.29 is 24.5 Å². The summed E-state index contributed by atoms with van der Waals surface area (Å²) in [4.78, 5) is 25.2. The van der Waals surface area contributed by atoms with Gasteiger partial charge in [-0.15, -0.1) is 0 Å². The lowest BCUT2D eigenvalue weighted by Crippen LogP contribution is -2.63. The monoisotopic (exact) mass is 334 g/mol. The maximum atomic E-state index is 12.7. The zero-order valence-electron chi connectivity index (χ0n) is 14.2. The molecule has 5 fully saturated rings. The third-order valence-electron chi connectivity index (χ3n) is 8.79. The molecule has 0 aromatic heterocycles. The summed E-state index contributed by atoms with van der Waals surface area (Å²) in [5.41, 5.74) is -2.93. The number of ether oxygens (including phenoxy) is 1. The molecule has 0 radical (unpaired) electrons. The lowest BCUT2D eigenvalue weighted by Gasteiger charge is -2.56. The summed E-state index contributed by atoms with van der Waals surface area (Å²) < 4.78 is 5.65. The maximum Gasteiger partial charge on any atom is 0.312 e. The van der Waals surface area contributed by atoms with Crippen LogP contribution in [0, 0.1) is 34.0 Å². The summed E-state index contributed by atoms with van der Waals surface area (Å²) in [5, 5.41) is 22.2. The minimum atomic E-state index is -1.35. The van der Waals surface area contributed by atoms with E-state index in [0.29, 0.717) is 25.9 Å². The first-order valence-electron chi connectivity index (χ1n) is 9.37. The Bertz CT molecular complexity index is 646. The Labute approximate surface area is 141 Å². The molecule has 0 aromatic rings. The molecular formula is C19H26O5. The lowest BCUT2D eigenvalue weighted by molar-refractivity contribution is -0.221. The van der Waals surface area contributed by atoms with Gasteiger partial charge in [-0.1, -0.05) is 6.42 Å². The quantitative estimate of drug-likeness (QED) is 0.709. The zero-order valence-corrected chi connectivity index (χ0v) is 14.2. The molecule has 1 aliphatic heterocycles. The van der Waals surface area contributed by atoms with Gasteiger partial charge in [0, 0.05) is 29.1 Å². The van der Waals surface area contributed by atoms with E-state index in [4.69, 9.17) is 4.74 Å². The molecule has 5 aliphatic rings. The number of esters is 1. The van der Waals surface area contributed by atoms with Crippen LogP contribution in [-0.2, 0) is 14.3 Å². The van der Waals surface area contributed by atoms with E-state index < -0.39 is 16.4 Å². The van der Waals surface area contributed by atoms with Crippen LogP contribution < -0.4 is 0 Å². The van der Waals surface area contributed by atoms with Gasteiger partial charge in [-0.05, 0) is 44.9 Å².